The number of phenols is 2. The highest BCUT2D eigenvalue weighted by atomic mass is 17.2. The number of aliphatic hydroxyl groups is 5. The number of carbonyl (C=O) groups is 1. The summed E-state index contributed by atoms with van der Waals surface area (Å²) in [5, 5.41) is 90.6. The molecule has 2 saturated heterocycles. The Kier molecular flexibility index (Phi) is 13.3. The minimum atomic E-state index is -2.63. The Bertz CT molecular complexity index is 3620. The number of nitrogens with zero attached hydrogens (tertiary/aromatic N) is 1. The number of benzene rings is 3. The number of ether oxygens (including phenoxy) is 1. The van der Waals surface area contributed by atoms with E-state index < -0.39 is 60.2 Å². The predicted molar refractivity (Wildman–Crippen MR) is 304 cm³/mol. The average molecular weight is 1120 g/mol. The number of nitrogens with one attached hydrogen (secondary N) is 3. The van der Waals surface area contributed by atoms with Crippen LogP contribution in [0.4, 0.5) is 0 Å². The van der Waals surface area contributed by atoms with E-state index in [2.05, 4.69) is 45.0 Å². The number of phenolic OH excluding ortho intramolecular Hbond substituents is 2. The number of hydrogen-bond donors (Lipinski definition) is 10. The molecule has 17 nitrogen and oxygen atoms in total. The van der Waals surface area contributed by atoms with Crippen LogP contribution in [0.5, 0.6) is 17.2 Å². The molecule has 82 heavy (non-hydrogen) atoms. The zero-order valence-corrected chi connectivity index (χ0v) is 46.7. The van der Waals surface area contributed by atoms with Gasteiger partial charge in [0.25, 0.3) is 0 Å². The molecule has 3 aromatic heterocycles. The van der Waals surface area contributed by atoms with E-state index in [9.17, 15) is 45.3 Å². The minimum absolute atomic E-state index is 0.00386. The van der Waals surface area contributed by atoms with Gasteiger partial charge in [-0.1, -0.05) is 51.0 Å². The molecule has 4 aliphatic carbocycles. The van der Waals surface area contributed by atoms with Crippen molar-refractivity contribution in [3.05, 3.63) is 93.7 Å². The van der Waals surface area contributed by atoms with Gasteiger partial charge in [-0.15, -0.1) is 5.92 Å². The van der Waals surface area contributed by atoms with Crippen LogP contribution >= 0.6 is 0 Å². The quantitative estimate of drug-likeness (QED) is 0.0491. The van der Waals surface area contributed by atoms with Crippen LogP contribution in [0.3, 0.4) is 0 Å². The first-order valence-electron chi connectivity index (χ1n) is 30.2. The van der Waals surface area contributed by atoms with Crippen molar-refractivity contribution in [3.63, 3.8) is 0 Å². The third kappa shape index (κ3) is 8.31. The van der Waals surface area contributed by atoms with Crippen LogP contribution < -0.4 is 20.8 Å². The number of aryl methyl sites for hydroxylation is 2. The summed E-state index contributed by atoms with van der Waals surface area (Å²) < 4.78 is 17.1. The van der Waals surface area contributed by atoms with Gasteiger partial charge >= 0.3 is 0 Å². The van der Waals surface area contributed by atoms with Crippen molar-refractivity contribution in [1.29, 1.82) is 0 Å². The number of fused-ring (bicyclic) bond motifs is 5. The molecule has 4 saturated carbocycles. The highest BCUT2D eigenvalue weighted by Gasteiger charge is 2.68. The molecule has 434 valence electrons. The third-order valence-electron chi connectivity index (χ3n) is 21.9. The van der Waals surface area contributed by atoms with Gasteiger partial charge in [-0.25, -0.2) is 9.78 Å². The number of piperidine rings is 1. The Morgan fingerprint density at radius 3 is 2.46 bits per heavy atom. The predicted octanol–water partition coefficient (Wildman–Crippen LogP) is 6.96. The Morgan fingerprint density at radius 2 is 1.67 bits per heavy atom. The van der Waals surface area contributed by atoms with Crippen LogP contribution in [0.2, 0.25) is 0 Å². The van der Waals surface area contributed by atoms with Gasteiger partial charge in [0.15, 0.2) is 22.9 Å². The first-order chi connectivity index (χ1) is 39.6. The van der Waals surface area contributed by atoms with Crippen LogP contribution in [0, 0.1) is 59.7 Å². The first kappa shape index (κ1) is 54.0. The molecular formula is C65H76N4O13. The molecule has 4 aliphatic heterocycles. The SMILES string of the molecule is CCc1c2cc[nH]c2cn1-c1c2c(cc3c(=O)cc(C)oc13)C[C@H]1OO[C@H]([C@@](O)(Cc3ccc(O)c4ccc(O)cc34)[C@@H](O)[C@H](O)[C@H](O)CO)C#CC[C@H]3CC4(CCCC4)N[C@@H]4[C@H]3C[C@@H]3C[C@H]4[C@]1(C[C@@H]3[C@@H]1CNC(=O)C13CCCCC3)O2. The minimum Gasteiger partial charge on any atom is -0.508 e. The number of carbonyl (C=O) groups excluding carboxylic acids is 1. The van der Waals surface area contributed by atoms with Gasteiger partial charge in [0.1, 0.15) is 58.6 Å². The maximum absolute atomic E-state index is 14.5. The van der Waals surface area contributed by atoms with Crippen molar-refractivity contribution in [2.75, 3.05) is 13.2 Å². The maximum Gasteiger partial charge on any atom is 0.226 e. The molecule has 1 amide bonds. The standard InChI is InChI=1S/C65H76N4O13/c1-3-49-41-16-21-66-48(41)32-69(49)56-58-38(24-44-51(73)22-34(2)79-59(44)56)26-54-65(80-58)30-45(47-31-67-61(77)63(47)19-5-4-6-20-63)37-23-43-35(28-62(17-7-8-18-62)68-55(43)46(65)25-37)10-9-11-53(81-82-54)64(78,60(76)57(75)52(74)33-70)29-36-12-15-50(72)40-14-13-39(71)27-42(36)40/h12-16,21-22,24,27,32,35,37,43,45-47,52-55,57,60,66,68,70-72,74-76,78H,3-8,10,17-20,23,25-26,28-31,33H2,1-2H3,(H,67,77)/t35-,37+,43-,45-,46+,47-,52+,53-,54+,55+,57+,60-,64-,65-/m0/s1. The van der Waals surface area contributed by atoms with Crippen LogP contribution in [0.25, 0.3) is 38.3 Å². The van der Waals surface area contributed by atoms with Crippen molar-refractivity contribution in [1.82, 2.24) is 20.2 Å². The highest BCUT2D eigenvalue weighted by Crippen LogP contribution is 2.64. The van der Waals surface area contributed by atoms with Gasteiger partial charge in [0, 0.05) is 83.8 Å². The van der Waals surface area contributed by atoms with Crippen molar-refractivity contribution in [3.8, 4) is 34.8 Å². The molecule has 0 radical (unpaired) electrons. The van der Waals surface area contributed by atoms with Gasteiger partial charge in [0.05, 0.1) is 22.9 Å². The van der Waals surface area contributed by atoms with E-state index in [4.69, 9.17) is 18.9 Å². The first-order valence-corrected chi connectivity index (χ1v) is 30.2. The summed E-state index contributed by atoms with van der Waals surface area (Å²) in [6.07, 6.45) is 7.54. The fraction of sp³-hybridized carbons (Fsp3) is 0.569. The molecule has 0 unspecified atom stereocenters. The van der Waals surface area contributed by atoms with E-state index in [1.165, 1.54) is 30.3 Å². The molecule has 3 spiro atoms. The molecule has 14 atom stereocenters. The second-order valence-corrected chi connectivity index (χ2v) is 26.1. The molecule has 8 aliphatic rings. The summed E-state index contributed by atoms with van der Waals surface area (Å²) in [4.78, 5) is 46.3. The largest absolute Gasteiger partial charge is 0.508 e. The van der Waals surface area contributed by atoms with Gasteiger partial charge in [-0.2, -0.15) is 0 Å². The fourth-order valence-corrected chi connectivity index (χ4v) is 18.1. The van der Waals surface area contributed by atoms with E-state index in [-0.39, 0.29) is 76.3 Å². The summed E-state index contributed by atoms with van der Waals surface area (Å²) in [6.45, 7) is 3.50. The lowest BCUT2D eigenvalue weighted by atomic mass is 9.46. The Hall–Kier alpha value is -5.94. The lowest BCUT2D eigenvalue weighted by molar-refractivity contribution is -0.398. The second kappa shape index (κ2) is 20.1. The normalized spacial score (nSPS) is 31.7. The lowest BCUT2D eigenvalue weighted by Gasteiger charge is -2.65. The van der Waals surface area contributed by atoms with Crippen molar-refractivity contribution < 1.29 is 59.5 Å². The number of hydrogen-bond acceptors (Lipinski definition) is 14. The second-order valence-electron chi connectivity index (χ2n) is 26.1. The number of aromatic hydroxyl groups is 2. The van der Waals surface area contributed by atoms with Crippen molar-refractivity contribution >= 4 is 38.6 Å². The van der Waals surface area contributed by atoms with Crippen LogP contribution in [-0.4, -0.2) is 118 Å². The summed E-state index contributed by atoms with van der Waals surface area (Å²) in [6, 6.07) is 12.7. The smallest absolute Gasteiger partial charge is 0.226 e. The topological polar surface area (TPSA) is 261 Å². The number of aromatic amines is 1. The third-order valence-corrected chi connectivity index (χ3v) is 21.9. The highest BCUT2D eigenvalue weighted by molar-refractivity contribution is 5.93. The van der Waals surface area contributed by atoms with E-state index >= 15 is 0 Å². The summed E-state index contributed by atoms with van der Waals surface area (Å²) in [5.74, 6) is 7.82. The van der Waals surface area contributed by atoms with E-state index in [0.717, 1.165) is 93.6 Å². The molecule has 7 heterocycles. The fourth-order valence-electron chi connectivity index (χ4n) is 18.1. The molecule has 17 heteroatoms. The molecule has 10 N–H and O–H groups in total. The van der Waals surface area contributed by atoms with Crippen molar-refractivity contribution in [2.45, 2.75) is 176 Å². The number of H-pyrrole nitrogens is 1. The zero-order chi connectivity index (χ0) is 56.6. The number of amides is 1. The lowest BCUT2D eigenvalue weighted by Crippen LogP contribution is -2.73. The Labute approximate surface area is 475 Å². The van der Waals surface area contributed by atoms with Crippen LogP contribution in [0.1, 0.15) is 119 Å². The average Bonchev–Trinajstić information content (AvgIpc) is 1.36. The Morgan fingerprint density at radius 1 is 0.866 bits per heavy atom. The van der Waals surface area contributed by atoms with Crippen LogP contribution in [-0.2, 0) is 33.8 Å². The van der Waals surface area contributed by atoms with E-state index in [1.54, 1.807) is 13.0 Å². The number of rotatable bonds is 10. The number of aromatic nitrogens is 2. The summed E-state index contributed by atoms with van der Waals surface area (Å²) >= 11 is 0. The maximum atomic E-state index is 14.5. The summed E-state index contributed by atoms with van der Waals surface area (Å²) in [7, 11) is 0. The molecule has 6 aromatic rings. The van der Waals surface area contributed by atoms with Gasteiger partial charge < -0.3 is 65.1 Å². The Balaban J connectivity index is 1.00. The van der Waals surface area contributed by atoms with E-state index in [0.29, 0.717) is 75.9 Å². The number of aliphatic hydroxyl groups excluding tert-OH is 4. The van der Waals surface area contributed by atoms with E-state index in [1.807, 2.05) is 18.5 Å². The van der Waals surface area contributed by atoms with Gasteiger partial charge in [0.2, 0.25) is 5.91 Å². The zero-order valence-electron chi connectivity index (χ0n) is 46.7. The van der Waals surface area contributed by atoms with Gasteiger partial charge in [-0.3, -0.25) is 9.59 Å². The monoisotopic (exact) mass is 1120 g/mol. The van der Waals surface area contributed by atoms with Gasteiger partial charge in [-0.05, 0) is 142 Å². The van der Waals surface area contributed by atoms with Crippen molar-refractivity contribution in [2.24, 2.45) is 40.9 Å². The molecule has 6 fully saturated rings. The van der Waals surface area contributed by atoms with Crippen LogP contribution in [0.15, 0.2) is 70.1 Å². The molecule has 3 aromatic carbocycles. The molecule has 5 bridgehead atoms. The molecule has 14 rings (SSSR count). The molecular weight excluding hydrogens is 1040 g/mol. The summed E-state index contributed by atoms with van der Waals surface area (Å²) in [5.41, 5.74) is -0.905.